The number of phenolic OH excluding ortho intramolecular Hbond substituents is 2. The standard InChI is InChI=1S/C15H16N2O4/c16-8-11(6-10-3-4-12(18)7-14(10)19)15(20)17-9-13-2-1-5-21-13/h3-4,6-7,13,18-19H,1-2,5,9H2,(H,17,20)/b11-6+/t13-/m1/s1. The highest BCUT2D eigenvalue weighted by Crippen LogP contribution is 2.24. The number of hydrogen-bond acceptors (Lipinski definition) is 5. The Balaban J connectivity index is 2.05. The number of carbonyl (C=O) groups excluding carboxylic acids is 1. The average Bonchev–Trinajstić information content (AvgIpc) is 2.97. The van der Waals surface area contributed by atoms with E-state index in [4.69, 9.17) is 10.00 Å². The lowest BCUT2D eigenvalue weighted by Crippen LogP contribution is -2.32. The summed E-state index contributed by atoms with van der Waals surface area (Å²) in [7, 11) is 0. The van der Waals surface area contributed by atoms with Crippen molar-refractivity contribution >= 4 is 12.0 Å². The Labute approximate surface area is 122 Å². The third-order valence-electron chi connectivity index (χ3n) is 3.19. The maximum atomic E-state index is 11.9. The van der Waals surface area contributed by atoms with Crippen LogP contribution >= 0.6 is 0 Å². The molecule has 1 aliphatic heterocycles. The monoisotopic (exact) mass is 288 g/mol. The zero-order valence-electron chi connectivity index (χ0n) is 11.4. The fourth-order valence-corrected chi connectivity index (χ4v) is 2.07. The minimum absolute atomic E-state index is 0.00373. The molecule has 1 fully saturated rings. The molecule has 0 spiro atoms. The van der Waals surface area contributed by atoms with Crippen LogP contribution in [-0.2, 0) is 9.53 Å². The zero-order valence-corrected chi connectivity index (χ0v) is 11.4. The largest absolute Gasteiger partial charge is 0.508 e. The number of carbonyl (C=O) groups is 1. The highest BCUT2D eigenvalue weighted by molar-refractivity contribution is 6.02. The van der Waals surface area contributed by atoms with Crippen molar-refractivity contribution in [3.8, 4) is 17.6 Å². The van der Waals surface area contributed by atoms with Crippen molar-refractivity contribution in [1.82, 2.24) is 5.32 Å². The number of phenols is 2. The first kappa shape index (κ1) is 14.9. The number of amides is 1. The molecule has 0 bridgehead atoms. The van der Waals surface area contributed by atoms with Crippen molar-refractivity contribution in [1.29, 1.82) is 5.26 Å². The molecule has 2 rings (SSSR count). The third-order valence-corrected chi connectivity index (χ3v) is 3.19. The Morgan fingerprint density at radius 3 is 2.95 bits per heavy atom. The maximum absolute atomic E-state index is 11.9. The number of benzene rings is 1. The minimum Gasteiger partial charge on any atom is -0.508 e. The van der Waals surface area contributed by atoms with Gasteiger partial charge in [0.05, 0.1) is 6.10 Å². The fraction of sp³-hybridized carbons (Fsp3) is 0.333. The van der Waals surface area contributed by atoms with Gasteiger partial charge in [0, 0.05) is 24.8 Å². The van der Waals surface area contributed by atoms with E-state index < -0.39 is 5.91 Å². The first-order valence-electron chi connectivity index (χ1n) is 6.63. The van der Waals surface area contributed by atoms with Gasteiger partial charge in [-0.25, -0.2) is 0 Å². The van der Waals surface area contributed by atoms with E-state index in [-0.39, 0.29) is 28.7 Å². The average molecular weight is 288 g/mol. The molecule has 1 aliphatic rings. The summed E-state index contributed by atoms with van der Waals surface area (Å²) in [5.74, 6) is -0.804. The number of nitrogens with one attached hydrogen (secondary N) is 1. The second-order valence-corrected chi connectivity index (χ2v) is 4.76. The zero-order chi connectivity index (χ0) is 15.2. The molecule has 3 N–H and O–H groups in total. The van der Waals surface area contributed by atoms with Crippen LogP contribution in [0.15, 0.2) is 23.8 Å². The molecule has 0 aromatic heterocycles. The van der Waals surface area contributed by atoms with Crippen LogP contribution in [0.4, 0.5) is 0 Å². The molecule has 0 unspecified atom stereocenters. The van der Waals surface area contributed by atoms with Crippen LogP contribution in [0.5, 0.6) is 11.5 Å². The quantitative estimate of drug-likeness (QED) is 0.572. The predicted octanol–water partition coefficient (Wildman–Crippen LogP) is 1.30. The van der Waals surface area contributed by atoms with E-state index in [1.807, 2.05) is 0 Å². The second kappa shape index (κ2) is 6.77. The van der Waals surface area contributed by atoms with E-state index in [9.17, 15) is 15.0 Å². The van der Waals surface area contributed by atoms with Gasteiger partial charge in [-0.3, -0.25) is 4.79 Å². The van der Waals surface area contributed by atoms with Crippen LogP contribution in [0.2, 0.25) is 0 Å². The van der Waals surface area contributed by atoms with E-state index in [0.29, 0.717) is 13.2 Å². The summed E-state index contributed by atoms with van der Waals surface area (Å²) in [6, 6.07) is 5.74. The Bertz CT molecular complexity index is 598. The van der Waals surface area contributed by atoms with Crippen molar-refractivity contribution in [3.63, 3.8) is 0 Å². The number of aromatic hydroxyl groups is 2. The fourth-order valence-electron chi connectivity index (χ4n) is 2.07. The van der Waals surface area contributed by atoms with Gasteiger partial charge in [0.2, 0.25) is 0 Å². The topological polar surface area (TPSA) is 103 Å². The van der Waals surface area contributed by atoms with Crippen LogP contribution in [0.3, 0.4) is 0 Å². The lowest BCUT2D eigenvalue weighted by atomic mass is 10.1. The molecule has 0 saturated carbocycles. The number of rotatable bonds is 4. The third kappa shape index (κ3) is 3.97. The Hall–Kier alpha value is -2.52. The molecular weight excluding hydrogens is 272 g/mol. The van der Waals surface area contributed by atoms with E-state index in [2.05, 4.69) is 5.32 Å². The van der Waals surface area contributed by atoms with Crippen LogP contribution < -0.4 is 5.32 Å². The van der Waals surface area contributed by atoms with Crippen molar-refractivity contribution < 1.29 is 19.7 Å². The molecule has 110 valence electrons. The van der Waals surface area contributed by atoms with Gasteiger partial charge in [-0.15, -0.1) is 0 Å². The van der Waals surface area contributed by atoms with Crippen LogP contribution in [0.25, 0.3) is 6.08 Å². The van der Waals surface area contributed by atoms with Gasteiger partial charge in [-0.1, -0.05) is 0 Å². The molecule has 1 aromatic rings. The lowest BCUT2D eigenvalue weighted by molar-refractivity contribution is -0.117. The van der Waals surface area contributed by atoms with E-state index in [1.165, 1.54) is 18.2 Å². The number of hydrogen-bond donors (Lipinski definition) is 3. The van der Waals surface area contributed by atoms with Gasteiger partial charge in [-0.05, 0) is 31.1 Å². The molecule has 6 nitrogen and oxygen atoms in total. The van der Waals surface area contributed by atoms with Gasteiger partial charge in [0.1, 0.15) is 23.1 Å². The molecule has 0 radical (unpaired) electrons. The molecule has 1 heterocycles. The minimum atomic E-state index is -0.513. The van der Waals surface area contributed by atoms with Gasteiger partial charge < -0.3 is 20.3 Å². The summed E-state index contributed by atoms with van der Waals surface area (Å²) < 4.78 is 5.38. The number of ether oxygens (including phenoxy) is 1. The summed E-state index contributed by atoms with van der Waals surface area (Å²) in [5.41, 5.74) is 0.172. The first-order valence-corrected chi connectivity index (χ1v) is 6.63. The lowest BCUT2D eigenvalue weighted by Gasteiger charge is -2.10. The smallest absolute Gasteiger partial charge is 0.262 e. The molecule has 21 heavy (non-hydrogen) atoms. The van der Waals surface area contributed by atoms with Crippen LogP contribution in [0, 0.1) is 11.3 Å². The maximum Gasteiger partial charge on any atom is 0.262 e. The molecule has 1 atom stereocenters. The van der Waals surface area contributed by atoms with Crippen LogP contribution in [0.1, 0.15) is 18.4 Å². The molecule has 1 saturated heterocycles. The molecule has 1 aromatic carbocycles. The Kier molecular flexibility index (Phi) is 4.80. The summed E-state index contributed by atoms with van der Waals surface area (Å²) in [4.78, 5) is 11.9. The number of nitrogens with zero attached hydrogens (tertiary/aromatic N) is 1. The Morgan fingerprint density at radius 2 is 2.33 bits per heavy atom. The van der Waals surface area contributed by atoms with Gasteiger partial charge in [0.25, 0.3) is 5.91 Å². The predicted molar refractivity (Wildman–Crippen MR) is 75.3 cm³/mol. The number of nitriles is 1. The van der Waals surface area contributed by atoms with Gasteiger partial charge >= 0.3 is 0 Å². The van der Waals surface area contributed by atoms with Crippen molar-refractivity contribution in [2.24, 2.45) is 0 Å². The molecular formula is C15H16N2O4. The second-order valence-electron chi connectivity index (χ2n) is 4.76. The van der Waals surface area contributed by atoms with E-state index >= 15 is 0 Å². The summed E-state index contributed by atoms with van der Waals surface area (Å²) >= 11 is 0. The summed E-state index contributed by atoms with van der Waals surface area (Å²) in [5, 5.41) is 30.6. The van der Waals surface area contributed by atoms with Gasteiger partial charge in [0.15, 0.2) is 0 Å². The first-order chi connectivity index (χ1) is 10.1. The molecule has 6 heteroatoms. The van der Waals surface area contributed by atoms with E-state index in [1.54, 1.807) is 6.07 Å². The summed E-state index contributed by atoms with van der Waals surface area (Å²) in [6.07, 6.45) is 3.14. The SMILES string of the molecule is N#C/C(=C\c1ccc(O)cc1O)C(=O)NC[C@H]1CCCO1. The highest BCUT2D eigenvalue weighted by Gasteiger charge is 2.17. The van der Waals surface area contributed by atoms with Crippen molar-refractivity contribution in [2.75, 3.05) is 13.2 Å². The van der Waals surface area contributed by atoms with Crippen LogP contribution in [-0.4, -0.2) is 35.4 Å². The molecule has 1 amide bonds. The van der Waals surface area contributed by atoms with Crippen molar-refractivity contribution in [3.05, 3.63) is 29.3 Å². The van der Waals surface area contributed by atoms with Gasteiger partial charge in [-0.2, -0.15) is 5.26 Å². The van der Waals surface area contributed by atoms with Crippen molar-refractivity contribution in [2.45, 2.75) is 18.9 Å². The normalized spacial score (nSPS) is 18.2. The van der Waals surface area contributed by atoms with E-state index in [0.717, 1.165) is 18.9 Å². The summed E-state index contributed by atoms with van der Waals surface area (Å²) in [6.45, 7) is 1.06. The highest BCUT2D eigenvalue weighted by atomic mass is 16.5. The molecule has 0 aliphatic carbocycles. The Morgan fingerprint density at radius 1 is 1.52 bits per heavy atom.